The standard InChI is InChI=1S/C14H18N2/c1-4-11-6-5-7-13-12(9-15-3)8-10(2)16-14(11)13/h5-8,15H,4,9H2,1-3H3. The van der Waals surface area contributed by atoms with Gasteiger partial charge in [-0.2, -0.15) is 0 Å². The Morgan fingerprint density at radius 3 is 2.75 bits per heavy atom. The molecule has 0 aliphatic carbocycles. The Bertz CT molecular complexity index is 503. The molecule has 1 heterocycles. The molecule has 2 nitrogen and oxygen atoms in total. The summed E-state index contributed by atoms with van der Waals surface area (Å²) in [7, 11) is 1.98. The van der Waals surface area contributed by atoms with Crippen LogP contribution in [0.4, 0.5) is 0 Å². The van der Waals surface area contributed by atoms with Gasteiger partial charge in [-0.25, -0.2) is 0 Å². The zero-order valence-electron chi connectivity index (χ0n) is 10.2. The number of hydrogen-bond acceptors (Lipinski definition) is 2. The SMILES string of the molecule is CCc1cccc2c(CNC)cc(C)nc12. The second-order valence-electron chi connectivity index (χ2n) is 4.12. The van der Waals surface area contributed by atoms with Gasteiger partial charge < -0.3 is 5.32 Å². The first-order valence-electron chi connectivity index (χ1n) is 5.79. The van der Waals surface area contributed by atoms with Gasteiger partial charge in [-0.05, 0) is 37.6 Å². The predicted molar refractivity (Wildman–Crippen MR) is 68.6 cm³/mol. The molecule has 0 spiro atoms. The van der Waals surface area contributed by atoms with E-state index in [2.05, 4.69) is 48.4 Å². The smallest absolute Gasteiger partial charge is 0.0740 e. The number of aromatic nitrogens is 1. The van der Waals surface area contributed by atoms with Gasteiger partial charge in [-0.3, -0.25) is 4.98 Å². The Balaban J connectivity index is 2.72. The third-order valence-electron chi connectivity index (χ3n) is 2.88. The zero-order chi connectivity index (χ0) is 11.5. The minimum absolute atomic E-state index is 0.896. The fourth-order valence-electron chi connectivity index (χ4n) is 2.14. The first-order chi connectivity index (χ1) is 7.76. The fourth-order valence-corrected chi connectivity index (χ4v) is 2.14. The largest absolute Gasteiger partial charge is 0.316 e. The summed E-state index contributed by atoms with van der Waals surface area (Å²) in [5, 5.41) is 4.49. The minimum Gasteiger partial charge on any atom is -0.316 e. The molecule has 0 atom stereocenters. The molecule has 2 aromatic rings. The molecule has 0 radical (unpaired) electrons. The van der Waals surface area contributed by atoms with E-state index in [4.69, 9.17) is 0 Å². The maximum Gasteiger partial charge on any atom is 0.0740 e. The van der Waals surface area contributed by atoms with Gasteiger partial charge in [0.1, 0.15) is 0 Å². The molecule has 0 unspecified atom stereocenters. The van der Waals surface area contributed by atoms with E-state index in [1.165, 1.54) is 16.5 Å². The van der Waals surface area contributed by atoms with Gasteiger partial charge in [-0.15, -0.1) is 0 Å². The molecule has 0 saturated heterocycles. The number of hydrogen-bond donors (Lipinski definition) is 1. The number of nitrogens with zero attached hydrogens (tertiary/aromatic N) is 1. The van der Waals surface area contributed by atoms with E-state index < -0.39 is 0 Å². The molecule has 0 fully saturated rings. The van der Waals surface area contributed by atoms with Crippen molar-refractivity contribution in [2.24, 2.45) is 0 Å². The Labute approximate surface area is 96.7 Å². The van der Waals surface area contributed by atoms with Crippen LogP contribution in [0.5, 0.6) is 0 Å². The lowest BCUT2D eigenvalue weighted by Gasteiger charge is -2.10. The summed E-state index contributed by atoms with van der Waals surface area (Å²) in [6, 6.07) is 8.61. The van der Waals surface area contributed by atoms with E-state index in [9.17, 15) is 0 Å². The van der Waals surface area contributed by atoms with Crippen LogP contribution in [-0.4, -0.2) is 12.0 Å². The Morgan fingerprint density at radius 2 is 2.06 bits per heavy atom. The van der Waals surface area contributed by atoms with Crippen LogP contribution in [0.3, 0.4) is 0 Å². The van der Waals surface area contributed by atoms with Crippen LogP contribution in [0.25, 0.3) is 10.9 Å². The van der Waals surface area contributed by atoms with Crippen LogP contribution >= 0.6 is 0 Å². The number of rotatable bonds is 3. The first-order valence-corrected chi connectivity index (χ1v) is 5.79. The lowest BCUT2D eigenvalue weighted by Crippen LogP contribution is -2.07. The molecule has 1 N–H and O–H groups in total. The van der Waals surface area contributed by atoms with Gasteiger partial charge in [0.15, 0.2) is 0 Å². The van der Waals surface area contributed by atoms with Gasteiger partial charge in [0.2, 0.25) is 0 Å². The van der Waals surface area contributed by atoms with Crippen molar-refractivity contribution in [3.8, 4) is 0 Å². The monoisotopic (exact) mass is 214 g/mol. The number of nitrogens with one attached hydrogen (secondary N) is 1. The second-order valence-corrected chi connectivity index (χ2v) is 4.12. The average molecular weight is 214 g/mol. The van der Waals surface area contributed by atoms with Crippen LogP contribution in [-0.2, 0) is 13.0 Å². The molecular weight excluding hydrogens is 196 g/mol. The minimum atomic E-state index is 0.896. The first kappa shape index (κ1) is 11.1. The molecular formula is C14H18N2. The van der Waals surface area contributed by atoms with Gasteiger partial charge in [0.05, 0.1) is 5.52 Å². The summed E-state index contributed by atoms with van der Waals surface area (Å²) in [6.45, 7) is 5.13. The number of fused-ring (bicyclic) bond motifs is 1. The molecule has 2 rings (SSSR count). The van der Waals surface area contributed by atoms with E-state index in [0.717, 1.165) is 24.2 Å². The maximum absolute atomic E-state index is 4.66. The van der Waals surface area contributed by atoms with Crippen molar-refractivity contribution in [2.75, 3.05) is 7.05 Å². The van der Waals surface area contributed by atoms with Crippen molar-refractivity contribution in [1.82, 2.24) is 10.3 Å². The number of aryl methyl sites for hydroxylation is 2. The van der Waals surface area contributed by atoms with E-state index in [0.29, 0.717) is 0 Å². The van der Waals surface area contributed by atoms with Crippen molar-refractivity contribution >= 4 is 10.9 Å². The molecule has 1 aromatic carbocycles. The molecule has 0 amide bonds. The molecule has 16 heavy (non-hydrogen) atoms. The Hall–Kier alpha value is -1.41. The molecule has 0 aliphatic rings. The summed E-state index contributed by atoms with van der Waals surface area (Å²) < 4.78 is 0. The van der Waals surface area contributed by atoms with Gasteiger partial charge in [0.25, 0.3) is 0 Å². The summed E-state index contributed by atoms with van der Waals surface area (Å²) in [5.41, 5.74) is 4.92. The second kappa shape index (κ2) is 4.62. The number of benzene rings is 1. The molecule has 0 saturated carbocycles. The molecule has 2 heteroatoms. The van der Waals surface area contributed by atoms with Crippen LogP contribution < -0.4 is 5.32 Å². The highest BCUT2D eigenvalue weighted by molar-refractivity contribution is 5.85. The zero-order valence-corrected chi connectivity index (χ0v) is 10.2. The quantitative estimate of drug-likeness (QED) is 0.849. The van der Waals surface area contributed by atoms with Crippen LogP contribution in [0.2, 0.25) is 0 Å². The van der Waals surface area contributed by atoms with Crippen LogP contribution in [0.1, 0.15) is 23.7 Å². The number of pyridine rings is 1. The summed E-state index contributed by atoms with van der Waals surface area (Å²) >= 11 is 0. The highest BCUT2D eigenvalue weighted by atomic mass is 14.8. The maximum atomic E-state index is 4.66. The van der Waals surface area contributed by atoms with Crippen LogP contribution in [0.15, 0.2) is 24.3 Å². The molecule has 0 aliphatic heterocycles. The van der Waals surface area contributed by atoms with Crippen molar-refractivity contribution in [2.45, 2.75) is 26.8 Å². The summed E-state index contributed by atoms with van der Waals surface area (Å²) in [5.74, 6) is 0. The Kier molecular flexibility index (Phi) is 3.20. The highest BCUT2D eigenvalue weighted by Gasteiger charge is 2.06. The highest BCUT2D eigenvalue weighted by Crippen LogP contribution is 2.22. The average Bonchev–Trinajstić information content (AvgIpc) is 2.28. The normalized spacial score (nSPS) is 10.9. The molecule has 1 aromatic heterocycles. The lowest BCUT2D eigenvalue weighted by molar-refractivity contribution is 0.821. The van der Waals surface area contributed by atoms with E-state index in [1.807, 2.05) is 7.05 Å². The van der Waals surface area contributed by atoms with Gasteiger partial charge >= 0.3 is 0 Å². The van der Waals surface area contributed by atoms with Crippen LogP contribution in [0, 0.1) is 6.92 Å². The van der Waals surface area contributed by atoms with Gasteiger partial charge in [-0.1, -0.05) is 25.1 Å². The fraction of sp³-hybridized carbons (Fsp3) is 0.357. The van der Waals surface area contributed by atoms with E-state index >= 15 is 0 Å². The van der Waals surface area contributed by atoms with Gasteiger partial charge in [0, 0.05) is 17.6 Å². The van der Waals surface area contributed by atoms with E-state index in [-0.39, 0.29) is 0 Å². The number of para-hydroxylation sites is 1. The van der Waals surface area contributed by atoms with Crippen molar-refractivity contribution < 1.29 is 0 Å². The lowest BCUT2D eigenvalue weighted by atomic mass is 10.0. The summed E-state index contributed by atoms with van der Waals surface area (Å²) in [6.07, 6.45) is 1.03. The third kappa shape index (κ3) is 1.93. The third-order valence-corrected chi connectivity index (χ3v) is 2.88. The van der Waals surface area contributed by atoms with E-state index in [1.54, 1.807) is 0 Å². The topological polar surface area (TPSA) is 24.9 Å². The predicted octanol–water partition coefficient (Wildman–Crippen LogP) is 2.83. The molecule has 84 valence electrons. The van der Waals surface area contributed by atoms with Crippen molar-refractivity contribution in [3.63, 3.8) is 0 Å². The van der Waals surface area contributed by atoms with Crippen molar-refractivity contribution in [1.29, 1.82) is 0 Å². The van der Waals surface area contributed by atoms with Crippen molar-refractivity contribution in [3.05, 3.63) is 41.1 Å². The summed E-state index contributed by atoms with van der Waals surface area (Å²) in [4.78, 5) is 4.66. The Morgan fingerprint density at radius 1 is 1.25 bits per heavy atom. The molecule has 0 bridgehead atoms.